The molecule has 1 saturated heterocycles. The molecule has 0 radical (unpaired) electrons. The summed E-state index contributed by atoms with van der Waals surface area (Å²) in [5.74, 6) is 1.69. The third-order valence-electron chi connectivity index (χ3n) is 4.34. The summed E-state index contributed by atoms with van der Waals surface area (Å²) < 4.78 is 13.9. The standard InChI is InChI=1S/C18H24BrN5O2.HI/c1-20-18(21-9-13-4-5-16(25-3)15(19)8-13)24-6-7-26-17(12-24)14-10-22-23(2)11-14;/h4-5,8,10-11,17H,6-7,9,12H2,1-3H3,(H,20,21);1H. The molecule has 0 amide bonds. The Kier molecular flexibility index (Phi) is 8.36. The van der Waals surface area contributed by atoms with Gasteiger partial charge < -0.3 is 19.7 Å². The van der Waals surface area contributed by atoms with Gasteiger partial charge in [-0.05, 0) is 33.6 Å². The van der Waals surface area contributed by atoms with Gasteiger partial charge in [0.25, 0.3) is 0 Å². The number of methoxy groups -OCH3 is 1. The number of aliphatic imine (C=N–C) groups is 1. The van der Waals surface area contributed by atoms with Crippen LogP contribution in [0, 0.1) is 0 Å². The van der Waals surface area contributed by atoms with Gasteiger partial charge in [0.1, 0.15) is 11.9 Å². The fourth-order valence-electron chi connectivity index (χ4n) is 2.98. The molecule has 1 aromatic carbocycles. The number of morpholine rings is 1. The number of aryl methyl sites for hydroxylation is 1. The van der Waals surface area contributed by atoms with Crippen LogP contribution in [0.25, 0.3) is 0 Å². The smallest absolute Gasteiger partial charge is 0.194 e. The van der Waals surface area contributed by atoms with E-state index in [1.165, 1.54) is 0 Å². The molecule has 0 aliphatic carbocycles. The molecule has 1 atom stereocenters. The largest absolute Gasteiger partial charge is 0.496 e. The minimum absolute atomic E-state index is 0. The van der Waals surface area contributed by atoms with Crippen molar-refractivity contribution in [3.63, 3.8) is 0 Å². The number of nitrogens with zero attached hydrogens (tertiary/aromatic N) is 4. The van der Waals surface area contributed by atoms with Crippen molar-refractivity contribution in [1.29, 1.82) is 0 Å². The van der Waals surface area contributed by atoms with Crippen molar-refractivity contribution in [2.75, 3.05) is 33.9 Å². The Hall–Kier alpha value is -1.33. The summed E-state index contributed by atoms with van der Waals surface area (Å²) in [6, 6.07) is 6.05. The Balaban J connectivity index is 0.00000261. The lowest BCUT2D eigenvalue weighted by molar-refractivity contribution is -0.00805. The molecule has 2 aromatic rings. The highest BCUT2D eigenvalue weighted by atomic mass is 127. The molecule has 1 fully saturated rings. The van der Waals surface area contributed by atoms with E-state index in [0.29, 0.717) is 13.2 Å². The lowest BCUT2D eigenvalue weighted by Crippen LogP contribution is -2.47. The molecule has 27 heavy (non-hydrogen) atoms. The van der Waals surface area contributed by atoms with Crippen LogP contribution in [0.5, 0.6) is 5.75 Å². The Morgan fingerprint density at radius 3 is 2.93 bits per heavy atom. The Morgan fingerprint density at radius 2 is 2.30 bits per heavy atom. The molecule has 1 N–H and O–H groups in total. The van der Waals surface area contributed by atoms with Gasteiger partial charge in [-0.2, -0.15) is 5.10 Å². The lowest BCUT2D eigenvalue weighted by Gasteiger charge is -2.34. The maximum atomic E-state index is 5.91. The molecule has 2 heterocycles. The van der Waals surface area contributed by atoms with E-state index in [0.717, 1.165) is 40.4 Å². The summed E-state index contributed by atoms with van der Waals surface area (Å²) in [4.78, 5) is 6.66. The van der Waals surface area contributed by atoms with Gasteiger partial charge in [-0.15, -0.1) is 24.0 Å². The van der Waals surface area contributed by atoms with E-state index in [1.54, 1.807) is 18.8 Å². The van der Waals surface area contributed by atoms with Crippen molar-refractivity contribution in [1.82, 2.24) is 20.0 Å². The number of rotatable bonds is 4. The van der Waals surface area contributed by atoms with E-state index in [4.69, 9.17) is 9.47 Å². The third-order valence-corrected chi connectivity index (χ3v) is 4.96. The first-order chi connectivity index (χ1) is 12.6. The van der Waals surface area contributed by atoms with Gasteiger partial charge in [0.2, 0.25) is 0 Å². The SMILES string of the molecule is CN=C(NCc1ccc(OC)c(Br)c1)N1CCOC(c2cnn(C)c2)C1.I. The molecule has 0 saturated carbocycles. The van der Waals surface area contributed by atoms with Crippen molar-refractivity contribution in [3.8, 4) is 5.75 Å². The number of guanidine groups is 1. The summed E-state index contributed by atoms with van der Waals surface area (Å²) in [6.07, 6.45) is 3.87. The second-order valence-electron chi connectivity index (χ2n) is 6.12. The average Bonchev–Trinajstić information content (AvgIpc) is 3.09. The zero-order valence-corrected chi connectivity index (χ0v) is 19.6. The van der Waals surface area contributed by atoms with Crippen LogP contribution in [0.3, 0.4) is 0 Å². The van der Waals surface area contributed by atoms with Gasteiger partial charge in [0.05, 0.1) is 30.9 Å². The summed E-state index contributed by atoms with van der Waals surface area (Å²) >= 11 is 3.53. The molecule has 1 aromatic heterocycles. The van der Waals surface area contributed by atoms with Crippen LogP contribution < -0.4 is 10.1 Å². The fourth-order valence-corrected chi connectivity index (χ4v) is 3.57. The number of benzene rings is 1. The van der Waals surface area contributed by atoms with Gasteiger partial charge in [0, 0.05) is 38.9 Å². The second-order valence-corrected chi connectivity index (χ2v) is 6.98. The van der Waals surface area contributed by atoms with Crippen LogP contribution in [-0.4, -0.2) is 54.5 Å². The van der Waals surface area contributed by atoms with Gasteiger partial charge in [0.15, 0.2) is 5.96 Å². The van der Waals surface area contributed by atoms with Crippen molar-refractivity contribution in [2.45, 2.75) is 12.6 Å². The van der Waals surface area contributed by atoms with Gasteiger partial charge >= 0.3 is 0 Å². The lowest BCUT2D eigenvalue weighted by atomic mass is 10.1. The van der Waals surface area contributed by atoms with Gasteiger partial charge in [-0.3, -0.25) is 9.67 Å². The van der Waals surface area contributed by atoms with Crippen molar-refractivity contribution < 1.29 is 9.47 Å². The monoisotopic (exact) mass is 549 g/mol. The zero-order chi connectivity index (χ0) is 18.5. The molecule has 0 bridgehead atoms. The van der Waals surface area contributed by atoms with Crippen LogP contribution in [0.2, 0.25) is 0 Å². The average molecular weight is 550 g/mol. The first-order valence-corrected chi connectivity index (χ1v) is 9.28. The van der Waals surface area contributed by atoms with Crippen molar-refractivity contribution in [2.24, 2.45) is 12.0 Å². The Bertz CT molecular complexity index is 783. The van der Waals surface area contributed by atoms with E-state index in [9.17, 15) is 0 Å². The summed E-state index contributed by atoms with van der Waals surface area (Å²) in [5.41, 5.74) is 2.24. The van der Waals surface area contributed by atoms with E-state index in [1.807, 2.05) is 31.6 Å². The molecule has 3 rings (SSSR count). The topological polar surface area (TPSA) is 63.9 Å². The quantitative estimate of drug-likeness (QED) is 0.361. The van der Waals surface area contributed by atoms with E-state index in [2.05, 4.69) is 42.3 Å². The van der Waals surface area contributed by atoms with Crippen molar-refractivity contribution in [3.05, 3.63) is 46.2 Å². The van der Waals surface area contributed by atoms with Crippen LogP contribution in [0.4, 0.5) is 0 Å². The first kappa shape index (κ1) is 22.0. The maximum Gasteiger partial charge on any atom is 0.194 e. The minimum atomic E-state index is 0. The molecule has 9 heteroatoms. The predicted octanol–water partition coefficient (Wildman–Crippen LogP) is 2.96. The molecule has 1 aliphatic rings. The number of ether oxygens (including phenoxy) is 2. The van der Waals surface area contributed by atoms with Gasteiger partial charge in [-0.1, -0.05) is 6.07 Å². The van der Waals surface area contributed by atoms with Crippen molar-refractivity contribution >= 4 is 45.9 Å². The van der Waals surface area contributed by atoms with Crippen LogP contribution in [0.15, 0.2) is 40.1 Å². The summed E-state index contributed by atoms with van der Waals surface area (Å²) in [7, 11) is 5.38. The van der Waals surface area contributed by atoms with Crippen LogP contribution in [0.1, 0.15) is 17.2 Å². The predicted molar refractivity (Wildman–Crippen MR) is 120 cm³/mol. The Morgan fingerprint density at radius 1 is 1.48 bits per heavy atom. The summed E-state index contributed by atoms with van der Waals surface area (Å²) in [6.45, 7) is 2.90. The molecular formula is C18H25BrIN5O2. The highest BCUT2D eigenvalue weighted by Crippen LogP contribution is 2.25. The number of nitrogens with one attached hydrogen (secondary N) is 1. The fraction of sp³-hybridized carbons (Fsp3) is 0.444. The van der Waals surface area contributed by atoms with Gasteiger partial charge in [-0.25, -0.2) is 0 Å². The zero-order valence-electron chi connectivity index (χ0n) is 15.7. The Labute approximate surface area is 185 Å². The minimum Gasteiger partial charge on any atom is -0.496 e. The molecule has 148 valence electrons. The molecule has 0 spiro atoms. The molecule has 7 nitrogen and oxygen atoms in total. The molecule has 1 aliphatic heterocycles. The normalized spacial score (nSPS) is 17.4. The second kappa shape index (κ2) is 10.3. The maximum absolute atomic E-state index is 5.91. The third kappa shape index (κ3) is 5.58. The highest BCUT2D eigenvalue weighted by molar-refractivity contribution is 14.0. The molecule has 1 unspecified atom stereocenters. The number of hydrogen-bond acceptors (Lipinski definition) is 4. The highest BCUT2D eigenvalue weighted by Gasteiger charge is 2.25. The number of halogens is 2. The number of aromatic nitrogens is 2. The van der Waals surface area contributed by atoms with Crippen LogP contribution >= 0.6 is 39.9 Å². The van der Waals surface area contributed by atoms with Crippen LogP contribution in [-0.2, 0) is 18.3 Å². The summed E-state index contributed by atoms with van der Waals surface area (Å²) in [5, 5.41) is 7.67. The number of hydrogen-bond donors (Lipinski definition) is 1. The van der Waals surface area contributed by atoms with E-state index >= 15 is 0 Å². The van der Waals surface area contributed by atoms with E-state index < -0.39 is 0 Å². The molecular weight excluding hydrogens is 525 g/mol. The van der Waals surface area contributed by atoms with E-state index in [-0.39, 0.29) is 30.1 Å². The first-order valence-electron chi connectivity index (χ1n) is 8.49.